The van der Waals surface area contributed by atoms with Gasteiger partial charge in [-0.1, -0.05) is 12.1 Å². The Kier molecular flexibility index (Phi) is 5.22. The minimum absolute atomic E-state index is 0. The van der Waals surface area contributed by atoms with Crippen LogP contribution in [-0.4, -0.2) is 39.2 Å². The predicted octanol–water partition coefficient (Wildman–Crippen LogP) is 1.89. The average Bonchev–Trinajstić information content (AvgIpc) is 3.01. The van der Waals surface area contributed by atoms with E-state index in [-0.39, 0.29) is 30.2 Å². The predicted molar refractivity (Wildman–Crippen MR) is 80.2 cm³/mol. The number of benzene rings is 1. The molecule has 3 rings (SSSR count). The number of nitrogens with one attached hydrogen (secondary N) is 1. The highest BCUT2D eigenvalue weighted by Crippen LogP contribution is 2.24. The van der Waals surface area contributed by atoms with Gasteiger partial charge in [0.1, 0.15) is 5.82 Å². The number of aromatic nitrogens is 2. The molecule has 1 amide bonds. The summed E-state index contributed by atoms with van der Waals surface area (Å²) in [6.07, 6.45) is 1.47. The van der Waals surface area contributed by atoms with Crippen LogP contribution < -0.4 is 5.32 Å². The van der Waals surface area contributed by atoms with E-state index in [0.717, 1.165) is 23.8 Å². The molecule has 0 aliphatic carbocycles. The Morgan fingerprint density at radius 3 is 3.05 bits per heavy atom. The van der Waals surface area contributed by atoms with Gasteiger partial charge >= 0.3 is 0 Å². The van der Waals surface area contributed by atoms with Crippen molar-refractivity contribution < 1.29 is 9.18 Å². The van der Waals surface area contributed by atoms with E-state index in [1.54, 1.807) is 11.0 Å². The van der Waals surface area contributed by atoms with Crippen LogP contribution in [0.1, 0.15) is 22.1 Å². The zero-order valence-corrected chi connectivity index (χ0v) is 12.7. The average molecular weight is 329 g/mol. The van der Waals surface area contributed by atoms with Crippen LogP contribution in [0.3, 0.4) is 0 Å². The van der Waals surface area contributed by atoms with Crippen LogP contribution >= 0.6 is 24.1 Å². The van der Waals surface area contributed by atoms with Crippen LogP contribution in [0.15, 0.2) is 30.5 Å². The van der Waals surface area contributed by atoms with Gasteiger partial charge in [-0.25, -0.2) is 4.39 Å². The second-order valence-corrected chi connectivity index (χ2v) is 5.12. The first kappa shape index (κ1) is 15.8. The second kappa shape index (κ2) is 6.93. The third-order valence-electron chi connectivity index (χ3n) is 3.32. The van der Waals surface area contributed by atoms with E-state index in [9.17, 15) is 9.18 Å². The molecule has 21 heavy (non-hydrogen) atoms. The molecule has 5 nitrogen and oxygen atoms in total. The lowest BCUT2D eigenvalue weighted by Gasteiger charge is -2.36. The van der Waals surface area contributed by atoms with E-state index in [1.807, 2.05) is 6.07 Å². The van der Waals surface area contributed by atoms with Crippen molar-refractivity contribution in [3.8, 4) is 0 Å². The zero-order valence-electron chi connectivity index (χ0n) is 11.0. The molecule has 112 valence electrons. The maximum absolute atomic E-state index is 13.4. The van der Waals surface area contributed by atoms with Gasteiger partial charge in [-0.15, -0.1) is 12.4 Å². The molecule has 0 spiro atoms. The number of hydrogen-bond acceptors (Lipinski definition) is 5. The van der Waals surface area contributed by atoms with Crippen molar-refractivity contribution in [2.75, 3.05) is 19.6 Å². The molecular formula is C13H14ClFN4OS. The van der Waals surface area contributed by atoms with Gasteiger partial charge in [-0.05, 0) is 17.7 Å². The molecule has 1 aromatic heterocycles. The summed E-state index contributed by atoms with van der Waals surface area (Å²) in [7, 11) is 0. The summed E-state index contributed by atoms with van der Waals surface area (Å²) in [6, 6.07) is 6.17. The molecule has 1 aromatic carbocycles. The fraction of sp³-hybridized carbons (Fsp3) is 0.308. The van der Waals surface area contributed by atoms with E-state index in [4.69, 9.17) is 0 Å². The van der Waals surface area contributed by atoms with Crippen LogP contribution in [-0.2, 0) is 0 Å². The summed E-state index contributed by atoms with van der Waals surface area (Å²) in [6.45, 7) is 1.89. The molecule has 8 heteroatoms. The quantitative estimate of drug-likeness (QED) is 0.914. The maximum Gasteiger partial charge on any atom is 0.275 e. The van der Waals surface area contributed by atoms with E-state index in [0.29, 0.717) is 18.8 Å². The lowest BCUT2D eigenvalue weighted by Crippen LogP contribution is -2.48. The van der Waals surface area contributed by atoms with Crippen LogP contribution in [0.25, 0.3) is 0 Å². The van der Waals surface area contributed by atoms with Crippen molar-refractivity contribution in [2.45, 2.75) is 6.04 Å². The van der Waals surface area contributed by atoms with Gasteiger partial charge in [0.15, 0.2) is 5.69 Å². The van der Waals surface area contributed by atoms with Gasteiger partial charge in [0, 0.05) is 19.6 Å². The first-order chi connectivity index (χ1) is 9.75. The molecular weight excluding hydrogens is 315 g/mol. The molecule has 1 saturated heterocycles. The van der Waals surface area contributed by atoms with Gasteiger partial charge in [0.2, 0.25) is 0 Å². The standard InChI is InChI=1S/C13H13FN4OS.ClH/c14-10-3-1-2-9(6-10)12-8-15-4-5-18(12)13(19)11-7-16-20-17-11;/h1-3,6-7,12,15H,4-5,8H2;1H. The minimum Gasteiger partial charge on any atom is -0.328 e. The summed E-state index contributed by atoms with van der Waals surface area (Å²) in [5.41, 5.74) is 1.13. The molecule has 1 aliphatic heterocycles. The lowest BCUT2D eigenvalue weighted by molar-refractivity contribution is 0.0629. The van der Waals surface area contributed by atoms with Crippen molar-refractivity contribution in [1.82, 2.24) is 19.0 Å². The third kappa shape index (κ3) is 3.37. The largest absolute Gasteiger partial charge is 0.328 e. The van der Waals surface area contributed by atoms with Gasteiger partial charge < -0.3 is 10.2 Å². The summed E-state index contributed by atoms with van der Waals surface area (Å²) in [4.78, 5) is 14.2. The topological polar surface area (TPSA) is 58.1 Å². The molecule has 1 atom stereocenters. The summed E-state index contributed by atoms with van der Waals surface area (Å²) in [5, 5.41) is 3.23. The molecule has 1 N–H and O–H groups in total. The number of halogens is 2. The molecule has 1 unspecified atom stereocenters. The third-order valence-corrected chi connectivity index (χ3v) is 3.80. The molecule has 1 fully saturated rings. The smallest absolute Gasteiger partial charge is 0.275 e. The van der Waals surface area contributed by atoms with Crippen LogP contribution in [0, 0.1) is 5.82 Å². The Bertz CT molecular complexity index is 610. The zero-order chi connectivity index (χ0) is 13.9. The number of piperazine rings is 1. The van der Waals surface area contributed by atoms with Gasteiger partial charge in [-0.2, -0.15) is 8.75 Å². The molecule has 0 radical (unpaired) electrons. The van der Waals surface area contributed by atoms with Crippen LogP contribution in [0.5, 0.6) is 0 Å². The number of carbonyl (C=O) groups is 1. The first-order valence-electron chi connectivity index (χ1n) is 6.30. The lowest BCUT2D eigenvalue weighted by atomic mass is 10.0. The number of nitrogens with zero attached hydrogens (tertiary/aromatic N) is 3. The van der Waals surface area contributed by atoms with Gasteiger partial charge in [0.25, 0.3) is 5.91 Å². The highest BCUT2D eigenvalue weighted by atomic mass is 35.5. The fourth-order valence-corrected chi connectivity index (χ4v) is 2.77. The molecule has 2 heterocycles. The number of hydrogen-bond donors (Lipinski definition) is 1. The van der Waals surface area contributed by atoms with Crippen molar-refractivity contribution in [1.29, 1.82) is 0 Å². The Morgan fingerprint density at radius 1 is 1.48 bits per heavy atom. The van der Waals surface area contributed by atoms with Crippen LogP contribution in [0.4, 0.5) is 4.39 Å². The van der Waals surface area contributed by atoms with Crippen molar-refractivity contribution in [3.63, 3.8) is 0 Å². The van der Waals surface area contributed by atoms with Crippen molar-refractivity contribution >= 4 is 30.0 Å². The Morgan fingerprint density at radius 2 is 2.33 bits per heavy atom. The molecule has 0 bridgehead atoms. The summed E-state index contributed by atoms with van der Waals surface area (Å²) >= 11 is 1.01. The van der Waals surface area contributed by atoms with Gasteiger partial charge in [-0.3, -0.25) is 4.79 Å². The van der Waals surface area contributed by atoms with Crippen molar-refractivity contribution in [2.24, 2.45) is 0 Å². The molecule has 2 aromatic rings. The monoisotopic (exact) mass is 328 g/mol. The van der Waals surface area contributed by atoms with E-state index < -0.39 is 0 Å². The van der Waals surface area contributed by atoms with Crippen LogP contribution in [0.2, 0.25) is 0 Å². The first-order valence-corrected chi connectivity index (χ1v) is 7.03. The normalized spacial score (nSPS) is 18.1. The Labute approximate surface area is 131 Å². The summed E-state index contributed by atoms with van der Waals surface area (Å²) < 4.78 is 21.2. The number of carbonyl (C=O) groups excluding carboxylic acids is 1. The van der Waals surface area contributed by atoms with E-state index in [2.05, 4.69) is 14.1 Å². The Hall–Kier alpha value is -1.57. The van der Waals surface area contributed by atoms with E-state index in [1.165, 1.54) is 18.3 Å². The molecule has 1 aliphatic rings. The fourth-order valence-electron chi connectivity index (χ4n) is 2.37. The highest BCUT2D eigenvalue weighted by molar-refractivity contribution is 6.99. The number of amides is 1. The molecule has 0 saturated carbocycles. The minimum atomic E-state index is -0.296. The highest BCUT2D eigenvalue weighted by Gasteiger charge is 2.29. The summed E-state index contributed by atoms with van der Waals surface area (Å²) in [5.74, 6) is -0.453. The number of rotatable bonds is 2. The maximum atomic E-state index is 13.4. The van der Waals surface area contributed by atoms with E-state index >= 15 is 0 Å². The SMILES string of the molecule is Cl.O=C(c1cnsn1)N1CCNCC1c1cccc(F)c1. The Balaban J connectivity index is 0.00000161. The van der Waals surface area contributed by atoms with Gasteiger partial charge in [0.05, 0.1) is 24.0 Å². The second-order valence-electron chi connectivity index (χ2n) is 4.57. The van der Waals surface area contributed by atoms with Crippen molar-refractivity contribution in [3.05, 3.63) is 47.5 Å².